The Hall–Kier alpha value is -2.41. The SMILES string of the molecule is CCC(CC)C(O)CNC(=O)NCc1ccn(-c2ccc(F)cc2)n1. The fraction of sp³-hybridized carbons (Fsp3) is 0.444. The van der Waals surface area contributed by atoms with Crippen molar-refractivity contribution in [3.63, 3.8) is 0 Å². The minimum atomic E-state index is -0.543. The lowest BCUT2D eigenvalue weighted by atomic mass is 9.97. The van der Waals surface area contributed by atoms with Gasteiger partial charge in [0, 0.05) is 12.7 Å². The van der Waals surface area contributed by atoms with E-state index in [2.05, 4.69) is 15.7 Å². The molecule has 1 aromatic carbocycles. The maximum absolute atomic E-state index is 12.9. The summed E-state index contributed by atoms with van der Waals surface area (Å²) in [5, 5.41) is 19.7. The van der Waals surface area contributed by atoms with E-state index in [9.17, 15) is 14.3 Å². The Kier molecular flexibility index (Phi) is 6.94. The van der Waals surface area contributed by atoms with Gasteiger partial charge in [0.2, 0.25) is 0 Å². The van der Waals surface area contributed by atoms with Crippen LogP contribution in [0.4, 0.5) is 9.18 Å². The normalized spacial score (nSPS) is 12.2. The maximum atomic E-state index is 12.9. The van der Waals surface area contributed by atoms with E-state index in [1.165, 1.54) is 12.1 Å². The fourth-order valence-corrected chi connectivity index (χ4v) is 2.62. The van der Waals surface area contributed by atoms with E-state index in [-0.39, 0.29) is 30.9 Å². The number of halogens is 1. The van der Waals surface area contributed by atoms with Crippen LogP contribution in [0.25, 0.3) is 5.69 Å². The lowest BCUT2D eigenvalue weighted by Crippen LogP contribution is -2.41. The second kappa shape index (κ2) is 9.17. The van der Waals surface area contributed by atoms with Gasteiger partial charge in [-0.1, -0.05) is 26.7 Å². The Bertz CT molecular complexity index is 668. The molecule has 0 aliphatic heterocycles. The first-order chi connectivity index (χ1) is 12.0. The van der Waals surface area contributed by atoms with Gasteiger partial charge >= 0.3 is 6.03 Å². The number of carbonyl (C=O) groups excluding carboxylic acids is 1. The van der Waals surface area contributed by atoms with Crippen LogP contribution in [0.5, 0.6) is 0 Å². The van der Waals surface area contributed by atoms with Crippen LogP contribution < -0.4 is 10.6 Å². The van der Waals surface area contributed by atoms with Crippen LogP contribution in [-0.2, 0) is 6.54 Å². The quantitative estimate of drug-likeness (QED) is 0.686. The van der Waals surface area contributed by atoms with E-state index >= 15 is 0 Å². The Morgan fingerprint density at radius 1 is 1.20 bits per heavy atom. The molecule has 1 unspecified atom stereocenters. The van der Waals surface area contributed by atoms with Gasteiger partial charge in [0.15, 0.2) is 0 Å². The molecule has 136 valence electrons. The van der Waals surface area contributed by atoms with Crippen molar-refractivity contribution in [3.8, 4) is 5.69 Å². The molecule has 6 nitrogen and oxygen atoms in total. The lowest BCUT2D eigenvalue weighted by Gasteiger charge is -2.20. The standard InChI is InChI=1S/C18H25FN4O2/c1-3-13(4-2)17(24)12-21-18(25)20-11-15-9-10-23(22-15)16-7-5-14(19)6-8-16/h5-10,13,17,24H,3-4,11-12H2,1-2H3,(H2,20,21,25). The molecular weight excluding hydrogens is 323 g/mol. The summed E-state index contributed by atoms with van der Waals surface area (Å²) in [6, 6.07) is 7.43. The molecule has 0 saturated heterocycles. The minimum absolute atomic E-state index is 0.187. The molecule has 0 fully saturated rings. The smallest absolute Gasteiger partial charge is 0.315 e. The van der Waals surface area contributed by atoms with Crippen molar-refractivity contribution < 1.29 is 14.3 Å². The van der Waals surface area contributed by atoms with Gasteiger partial charge < -0.3 is 15.7 Å². The molecule has 7 heteroatoms. The summed E-state index contributed by atoms with van der Waals surface area (Å²) in [7, 11) is 0. The van der Waals surface area contributed by atoms with Crippen LogP contribution in [0.2, 0.25) is 0 Å². The molecule has 25 heavy (non-hydrogen) atoms. The van der Waals surface area contributed by atoms with E-state index in [0.29, 0.717) is 5.69 Å². The van der Waals surface area contributed by atoms with E-state index < -0.39 is 6.10 Å². The highest BCUT2D eigenvalue weighted by Crippen LogP contribution is 2.12. The number of benzene rings is 1. The molecule has 2 amide bonds. The number of hydrogen-bond acceptors (Lipinski definition) is 3. The summed E-state index contributed by atoms with van der Waals surface area (Å²) in [6.07, 6.45) is 2.96. The van der Waals surface area contributed by atoms with E-state index in [1.807, 2.05) is 13.8 Å². The number of aliphatic hydroxyl groups excluding tert-OH is 1. The monoisotopic (exact) mass is 348 g/mol. The highest BCUT2D eigenvalue weighted by molar-refractivity contribution is 5.73. The minimum Gasteiger partial charge on any atom is -0.391 e. The van der Waals surface area contributed by atoms with Gasteiger partial charge in [0.05, 0.1) is 24.0 Å². The van der Waals surface area contributed by atoms with Crippen molar-refractivity contribution in [2.24, 2.45) is 5.92 Å². The molecule has 2 rings (SSSR count). The first-order valence-electron chi connectivity index (χ1n) is 8.53. The summed E-state index contributed by atoms with van der Waals surface area (Å²) < 4.78 is 14.6. The molecule has 0 aliphatic rings. The summed E-state index contributed by atoms with van der Waals surface area (Å²) in [6.45, 7) is 4.53. The van der Waals surface area contributed by atoms with Gasteiger partial charge in [-0.2, -0.15) is 5.10 Å². The summed E-state index contributed by atoms with van der Waals surface area (Å²) in [5.41, 5.74) is 1.42. The number of aromatic nitrogens is 2. The first kappa shape index (κ1) is 18.9. The molecular formula is C18H25FN4O2. The number of nitrogens with zero attached hydrogens (tertiary/aromatic N) is 2. The number of aliphatic hydroxyl groups is 1. The first-order valence-corrected chi connectivity index (χ1v) is 8.53. The van der Waals surface area contributed by atoms with Crippen molar-refractivity contribution in [2.45, 2.75) is 39.3 Å². The number of hydrogen-bond donors (Lipinski definition) is 3. The fourth-order valence-electron chi connectivity index (χ4n) is 2.62. The third-order valence-corrected chi connectivity index (χ3v) is 4.23. The Balaban J connectivity index is 1.79. The predicted molar refractivity (Wildman–Crippen MR) is 93.8 cm³/mol. The van der Waals surface area contributed by atoms with Crippen LogP contribution in [0, 0.1) is 11.7 Å². The molecule has 1 heterocycles. The summed E-state index contributed by atoms with van der Waals surface area (Å²) in [4.78, 5) is 11.8. The van der Waals surface area contributed by atoms with E-state index in [1.54, 1.807) is 29.1 Å². The highest BCUT2D eigenvalue weighted by Gasteiger charge is 2.16. The van der Waals surface area contributed by atoms with Gasteiger partial charge in [0.25, 0.3) is 0 Å². The third-order valence-electron chi connectivity index (χ3n) is 4.23. The van der Waals surface area contributed by atoms with Crippen LogP contribution in [0.15, 0.2) is 36.5 Å². The number of nitrogens with one attached hydrogen (secondary N) is 2. The number of urea groups is 1. The predicted octanol–water partition coefficient (Wildman–Crippen LogP) is 2.61. The molecule has 1 aromatic heterocycles. The highest BCUT2D eigenvalue weighted by atomic mass is 19.1. The Morgan fingerprint density at radius 3 is 2.52 bits per heavy atom. The van der Waals surface area contributed by atoms with Crippen molar-refractivity contribution >= 4 is 6.03 Å². The summed E-state index contributed by atoms with van der Waals surface area (Å²) in [5.74, 6) is -0.114. The zero-order chi connectivity index (χ0) is 18.2. The maximum Gasteiger partial charge on any atom is 0.315 e. The molecule has 0 bridgehead atoms. The van der Waals surface area contributed by atoms with Crippen LogP contribution in [0.1, 0.15) is 32.4 Å². The molecule has 2 aromatic rings. The van der Waals surface area contributed by atoms with Gasteiger partial charge in [0.1, 0.15) is 5.82 Å². The molecule has 1 atom stereocenters. The van der Waals surface area contributed by atoms with Crippen LogP contribution >= 0.6 is 0 Å². The van der Waals surface area contributed by atoms with Crippen molar-refractivity contribution in [3.05, 3.63) is 48.0 Å². The zero-order valence-electron chi connectivity index (χ0n) is 14.6. The number of carbonyl (C=O) groups is 1. The molecule has 3 N–H and O–H groups in total. The van der Waals surface area contributed by atoms with Gasteiger partial charge in [-0.05, 0) is 36.2 Å². The van der Waals surface area contributed by atoms with E-state index in [4.69, 9.17) is 0 Å². The molecule has 0 spiro atoms. The van der Waals surface area contributed by atoms with Gasteiger partial charge in [-0.3, -0.25) is 0 Å². The number of rotatable bonds is 8. The zero-order valence-corrected chi connectivity index (χ0v) is 14.6. The van der Waals surface area contributed by atoms with Crippen LogP contribution in [-0.4, -0.2) is 33.6 Å². The van der Waals surface area contributed by atoms with E-state index in [0.717, 1.165) is 18.5 Å². The van der Waals surface area contributed by atoms with Crippen molar-refractivity contribution in [2.75, 3.05) is 6.54 Å². The Labute approximate surface area is 147 Å². The number of amides is 2. The third kappa shape index (κ3) is 5.56. The molecule has 0 aliphatic carbocycles. The van der Waals surface area contributed by atoms with Gasteiger partial charge in [-0.25, -0.2) is 13.9 Å². The largest absolute Gasteiger partial charge is 0.391 e. The summed E-state index contributed by atoms with van der Waals surface area (Å²) >= 11 is 0. The average Bonchev–Trinajstić information content (AvgIpc) is 3.09. The van der Waals surface area contributed by atoms with Gasteiger partial charge in [-0.15, -0.1) is 0 Å². The van der Waals surface area contributed by atoms with Crippen molar-refractivity contribution in [1.82, 2.24) is 20.4 Å². The topological polar surface area (TPSA) is 79.2 Å². The molecule has 0 radical (unpaired) electrons. The Morgan fingerprint density at radius 2 is 1.88 bits per heavy atom. The molecule has 0 saturated carbocycles. The van der Waals surface area contributed by atoms with Crippen LogP contribution in [0.3, 0.4) is 0 Å². The lowest BCUT2D eigenvalue weighted by molar-refractivity contribution is 0.103. The average molecular weight is 348 g/mol. The van der Waals surface area contributed by atoms with Crippen molar-refractivity contribution in [1.29, 1.82) is 0 Å². The second-order valence-corrected chi connectivity index (χ2v) is 5.94. The second-order valence-electron chi connectivity index (χ2n) is 5.94.